The van der Waals surface area contributed by atoms with Gasteiger partial charge in [-0.3, -0.25) is 14.7 Å². The summed E-state index contributed by atoms with van der Waals surface area (Å²) < 4.78 is 0. The number of aliphatic imine (C=N–C) groups is 1. The van der Waals surface area contributed by atoms with Crippen LogP contribution in [0.1, 0.15) is 12.5 Å². The predicted octanol–water partition coefficient (Wildman–Crippen LogP) is 5.11. The van der Waals surface area contributed by atoms with Gasteiger partial charge in [0.15, 0.2) is 5.17 Å². The van der Waals surface area contributed by atoms with Gasteiger partial charge in [0.1, 0.15) is 0 Å². The molecule has 0 spiro atoms. The van der Waals surface area contributed by atoms with Gasteiger partial charge in [0.25, 0.3) is 5.91 Å². The van der Waals surface area contributed by atoms with Crippen LogP contribution in [0.5, 0.6) is 0 Å². The summed E-state index contributed by atoms with van der Waals surface area (Å²) >= 11 is 3.18. The Kier molecular flexibility index (Phi) is 5.59. The fourth-order valence-corrected chi connectivity index (χ4v) is 5.13. The molecule has 4 rings (SSSR count). The van der Waals surface area contributed by atoms with Crippen molar-refractivity contribution in [2.24, 2.45) is 4.99 Å². The minimum absolute atomic E-state index is 0.00257. The average molecular weight is 408 g/mol. The summed E-state index contributed by atoms with van der Waals surface area (Å²) in [5.74, 6) is -0.00257. The molecule has 2 heterocycles. The number of amides is 1. The number of thioether (sulfide) groups is 2. The molecule has 0 aromatic heterocycles. The summed E-state index contributed by atoms with van der Waals surface area (Å²) in [7, 11) is 1.78. The molecule has 0 atom stereocenters. The third-order valence-electron chi connectivity index (χ3n) is 4.57. The van der Waals surface area contributed by atoms with Crippen LogP contribution in [0.3, 0.4) is 0 Å². The average Bonchev–Trinajstić information content (AvgIpc) is 3.23. The van der Waals surface area contributed by atoms with E-state index in [9.17, 15) is 4.79 Å². The lowest BCUT2D eigenvalue weighted by atomic mass is 10.2. The SMILES string of the molecule is CCN1C(=CC=C2SC(=NCc3ccccc3)N(C)C2=O)Sc2ccccc21. The fraction of sp³-hybridized carbons (Fsp3) is 0.182. The molecule has 0 unspecified atom stereocenters. The number of allylic oxidation sites excluding steroid dienone is 2. The van der Waals surface area contributed by atoms with Crippen LogP contribution in [0.2, 0.25) is 0 Å². The van der Waals surface area contributed by atoms with Crippen molar-refractivity contribution in [1.29, 1.82) is 0 Å². The number of amidine groups is 1. The van der Waals surface area contributed by atoms with Gasteiger partial charge >= 0.3 is 0 Å². The Morgan fingerprint density at radius 1 is 1.00 bits per heavy atom. The largest absolute Gasteiger partial charge is 0.335 e. The molecule has 0 bridgehead atoms. The number of rotatable bonds is 4. The van der Waals surface area contributed by atoms with E-state index in [4.69, 9.17) is 0 Å². The highest BCUT2D eigenvalue weighted by Crippen LogP contribution is 2.45. The smallest absolute Gasteiger partial charge is 0.266 e. The highest BCUT2D eigenvalue weighted by Gasteiger charge is 2.30. The van der Waals surface area contributed by atoms with Crippen molar-refractivity contribution < 1.29 is 4.79 Å². The van der Waals surface area contributed by atoms with E-state index in [-0.39, 0.29) is 5.91 Å². The minimum Gasteiger partial charge on any atom is -0.335 e. The van der Waals surface area contributed by atoms with E-state index in [2.05, 4.69) is 41.1 Å². The van der Waals surface area contributed by atoms with Crippen LogP contribution in [0.4, 0.5) is 5.69 Å². The first-order valence-electron chi connectivity index (χ1n) is 9.18. The van der Waals surface area contributed by atoms with Gasteiger partial charge in [-0.1, -0.05) is 54.2 Å². The lowest BCUT2D eigenvalue weighted by molar-refractivity contribution is -0.121. The Balaban J connectivity index is 1.52. The summed E-state index contributed by atoms with van der Waals surface area (Å²) in [4.78, 5) is 23.1. The standard InChI is InChI=1S/C22H21N3OS2/c1-3-25-17-11-7-8-12-18(17)27-20(25)14-13-19-21(26)24(2)22(28-19)23-15-16-9-5-4-6-10-16/h4-14H,3,15H2,1-2H3. The third kappa shape index (κ3) is 3.75. The summed E-state index contributed by atoms with van der Waals surface area (Å²) in [5.41, 5.74) is 2.36. The first-order chi connectivity index (χ1) is 13.7. The van der Waals surface area contributed by atoms with Crippen molar-refractivity contribution in [1.82, 2.24) is 4.90 Å². The van der Waals surface area contributed by atoms with E-state index in [1.165, 1.54) is 22.3 Å². The third-order valence-corrected chi connectivity index (χ3v) is 6.82. The van der Waals surface area contributed by atoms with Crippen LogP contribution in [0.15, 0.2) is 86.6 Å². The zero-order valence-corrected chi connectivity index (χ0v) is 17.5. The first-order valence-corrected chi connectivity index (χ1v) is 10.8. The molecule has 1 fully saturated rings. The highest BCUT2D eigenvalue weighted by atomic mass is 32.2. The number of carbonyl (C=O) groups excluding carboxylic acids is 1. The molecular weight excluding hydrogens is 386 g/mol. The maximum absolute atomic E-state index is 12.6. The van der Waals surface area contributed by atoms with Crippen LogP contribution < -0.4 is 4.90 Å². The number of likely N-dealkylation sites (N-methyl/N-ethyl adjacent to an activating group) is 1. The molecule has 0 N–H and O–H groups in total. The highest BCUT2D eigenvalue weighted by molar-refractivity contribution is 8.18. The van der Waals surface area contributed by atoms with E-state index >= 15 is 0 Å². The van der Waals surface area contributed by atoms with Gasteiger partial charge in [-0.15, -0.1) is 0 Å². The maximum Gasteiger partial charge on any atom is 0.266 e. The molecule has 0 aliphatic carbocycles. The Morgan fingerprint density at radius 3 is 2.54 bits per heavy atom. The molecule has 1 amide bonds. The number of benzene rings is 2. The quantitative estimate of drug-likeness (QED) is 0.660. The molecule has 0 radical (unpaired) electrons. The topological polar surface area (TPSA) is 35.9 Å². The molecule has 4 nitrogen and oxygen atoms in total. The number of hydrogen-bond acceptors (Lipinski definition) is 5. The minimum atomic E-state index is -0.00257. The van der Waals surface area contributed by atoms with E-state index in [0.717, 1.165) is 22.3 Å². The van der Waals surface area contributed by atoms with Crippen LogP contribution in [-0.4, -0.2) is 29.6 Å². The van der Waals surface area contributed by atoms with Crippen LogP contribution in [0.25, 0.3) is 0 Å². The number of hydrogen-bond donors (Lipinski definition) is 0. The van der Waals surface area contributed by atoms with Gasteiger partial charge in [-0.05, 0) is 48.5 Å². The van der Waals surface area contributed by atoms with Crippen LogP contribution in [0, 0.1) is 0 Å². The Labute approximate surface area is 174 Å². The van der Waals surface area contributed by atoms with E-state index in [0.29, 0.717) is 11.4 Å². The van der Waals surface area contributed by atoms with E-state index < -0.39 is 0 Å². The Morgan fingerprint density at radius 2 is 1.75 bits per heavy atom. The van der Waals surface area contributed by atoms with Gasteiger partial charge in [0.05, 0.1) is 22.2 Å². The second-order valence-electron chi connectivity index (χ2n) is 6.40. The van der Waals surface area contributed by atoms with E-state index in [1.807, 2.05) is 42.5 Å². The summed E-state index contributed by atoms with van der Waals surface area (Å²) in [6.45, 7) is 3.61. The van der Waals surface area contributed by atoms with Gasteiger partial charge < -0.3 is 4.90 Å². The van der Waals surface area contributed by atoms with Gasteiger partial charge in [-0.25, -0.2) is 0 Å². The van der Waals surface area contributed by atoms with Crippen molar-refractivity contribution in [2.75, 3.05) is 18.5 Å². The number of carbonyl (C=O) groups is 1. The molecule has 2 aliphatic rings. The molecule has 2 aromatic carbocycles. The summed E-state index contributed by atoms with van der Waals surface area (Å²) in [6, 6.07) is 18.5. The summed E-state index contributed by atoms with van der Waals surface area (Å²) in [6.07, 6.45) is 3.97. The van der Waals surface area contributed by atoms with Crippen molar-refractivity contribution in [3.05, 3.63) is 82.2 Å². The Hall–Kier alpha value is -2.44. The number of para-hydroxylation sites is 1. The molecule has 2 aliphatic heterocycles. The number of nitrogens with zero attached hydrogens (tertiary/aromatic N) is 3. The second kappa shape index (κ2) is 8.29. The van der Waals surface area contributed by atoms with Gasteiger partial charge in [0.2, 0.25) is 0 Å². The van der Waals surface area contributed by atoms with Gasteiger partial charge in [0, 0.05) is 18.5 Å². The normalized spacial score (nSPS) is 20.6. The van der Waals surface area contributed by atoms with Crippen molar-refractivity contribution in [3.63, 3.8) is 0 Å². The molecule has 2 aromatic rings. The lowest BCUT2D eigenvalue weighted by Gasteiger charge is -2.17. The predicted molar refractivity (Wildman–Crippen MR) is 119 cm³/mol. The molecule has 6 heteroatoms. The van der Waals surface area contributed by atoms with Crippen molar-refractivity contribution in [2.45, 2.75) is 18.4 Å². The first kappa shape index (κ1) is 18.9. The van der Waals surface area contributed by atoms with Gasteiger partial charge in [-0.2, -0.15) is 0 Å². The molecule has 0 saturated carbocycles. The van der Waals surface area contributed by atoms with E-state index in [1.54, 1.807) is 23.7 Å². The lowest BCUT2D eigenvalue weighted by Crippen LogP contribution is -2.24. The number of anilines is 1. The summed E-state index contributed by atoms with van der Waals surface area (Å²) in [5, 5.41) is 1.88. The molecule has 142 valence electrons. The second-order valence-corrected chi connectivity index (χ2v) is 8.47. The van der Waals surface area contributed by atoms with Crippen molar-refractivity contribution >= 4 is 40.3 Å². The molecule has 28 heavy (non-hydrogen) atoms. The van der Waals surface area contributed by atoms with Crippen molar-refractivity contribution in [3.8, 4) is 0 Å². The monoisotopic (exact) mass is 407 g/mol. The van der Waals surface area contributed by atoms with Crippen LogP contribution in [-0.2, 0) is 11.3 Å². The maximum atomic E-state index is 12.6. The fourth-order valence-electron chi connectivity index (χ4n) is 3.10. The molecule has 1 saturated heterocycles. The number of fused-ring (bicyclic) bond motifs is 1. The zero-order chi connectivity index (χ0) is 19.5. The van der Waals surface area contributed by atoms with Crippen LogP contribution >= 0.6 is 23.5 Å². The molecular formula is C22H21N3OS2. The zero-order valence-electron chi connectivity index (χ0n) is 15.8. The Bertz CT molecular complexity index is 982.